The van der Waals surface area contributed by atoms with Gasteiger partial charge in [0.1, 0.15) is 11.9 Å². The summed E-state index contributed by atoms with van der Waals surface area (Å²) in [6, 6.07) is -0.156. The number of aryl methyl sites for hydroxylation is 1. The maximum Gasteiger partial charge on any atom is 0.328 e. The van der Waals surface area contributed by atoms with Crippen molar-refractivity contribution in [3.05, 3.63) is 18.2 Å². The number of hydrogen-bond acceptors (Lipinski definition) is 3. The highest BCUT2D eigenvalue weighted by Crippen LogP contribution is 2.24. The van der Waals surface area contributed by atoms with E-state index in [1.807, 2.05) is 10.8 Å². The minimum absolute atomic E-state index is 0.156. The Hall–Kier alpha value is -1.32. The van der Waals surface area contributed by atoms with Crippen LogP contribution in [0.1, 0.15) is 24.7 Å². The Morgan fingerprint density at radius 1 is 1.77 bits per heavy atom. The van der Waals surface area contributed by atoms with Gasteiger partial charge in [0.2, 0.25) is 0 Å². The molecule has 4 nitrogen and oxygen atoms in total. The van der Waals surface area contributed by atoms with E-state index in [4.69, 9.17) is 4.74 Å². The molecule has 0 fully saturated rings. The number of esters is 1. The molecular formula is C9H12N2O2. The summed E-state index contributed by atoms with van der Waals surface area (Å²) in [5, 5.41) is 0. The highest BCUT2D eigenvalue weighted by Gasteiger charge is 2.26. The number of ether oxygens (including phenoxy) is 1. The number of carbonyl (C=O) groups excluding carboxylic acids is 1. The summed E-state index contributed by atoms with van der Waals surface area (Å²) in [7, 11) is 1.42. The monoisotopic (exact) mass is 180 g/mol. The maximum atomic E-state index is 11.4. The molecule has 1 aliphatic heterocycles. The lowest BCUT2D eigenvalue weighted by Gasteiger charge is -2.22. The van der Waals surface area contributed by atoms with Crippen molar-refractivity contribution in [2.75, 3.05) is 7.11 Å². The first-order valence-electron chi connectivity index (χ1n) is 4.42. The van der Waals surface area contributed by atoms with E-state index < -0.39 is 0 Å². The van der Waals surface area contributed by atoms with E-state index in [2.05, 4.69) is 4.98 Å². The fraction of sp³-hybridized carbons (Fsp3) is 0.556. The van der Waals surface area contributed by atoms with Gasteiger partial charge in [-0.25, -0.2) is 9.78 Å². The Bertz CT molecular complexity index is 319. The molecule has 1 aromatic heterocycles. The first kappa shape index (κ1) is 8.29. The van der Waals surface area contributed by atoms with Gasteiger partial charge in [0, 0.05) is 18.8 Å². The van der Waals surface area contributed by atoms with E-state index in [1.54, 1.807) is 6.20 Å². The van der Waals surface area contributed by atoms with E-state index in [9.17, 15) is 4.79 Å². The Labute approximate surface area is 76.5 Å². The molecule has 0 amide bonds. The average Bonchev–Trinajstić information content (AvgIpc) is 2.63. The number of carbonyl (C=O) groups is 1. The van der Waals surface area contributed by atoms with Crippen LogP contribution in [0.4, 0.5) is 0 Å². The number of fused-ring (bicyclic) bond motifs is 1. The third-order valence-corrected chi connectivity index (χ3v) is 2.44. The van der Waals surface area contributed by atoms with Crippen LogP contribution in [0.3, 0.4) is 0 Å². The van der Waals surface area contributed by atoms with E-state index in [-0.39, 0.29) is 12.0 Å². The van der Waals surface area contributed by atoms with Gasteiger partial charge in [0.05, 0.1) is 7.11 Å². The molecule has 1 unspecified atom stereocenters. The Morgan fingerprint density at radius 3 is 3.38 bits per heavy atom. The van der Waals surface area contributed by atoms with Crippen molar-refractivity contribution in [3.8, 4) is 0 Å². The second kappa shape index (κ2) is 3.20. The molecule has 4 heteroatoms. The lowest BCUT2D eigenvalue weighted by molar-refractivity contribution is -0.145. The minimum Gasteiger partial charge on any atom is -0.467 e. The molecule has 0 aromatic carbocycles. The second-order valence-corrected chi connectivity index (χ2v) is 3.18. The smallest absolute Gasteiger partial charge is 0.328 e. The first-order valence-corrected chi connectivity index (χ1v) is 4.42. The number of hydrogen-bond donors (Lipinski definition) is 0. The average molecular weight is 180 g/mol. The van der Waals surface area contributed by atoms with Crippen molar-refractivity contribution in [1.82, 2.24) is 9.55 Å². The summed E-state index contributed by atoms with van der Waals surface area (Å²) >= 11 is 0. The van der Waals surface area contributed by atoms with Gasteiger partial charge in [0.25, 0.3) is 0 Å². The summed E-state index contributed by atoms with van der Waals surface area (Å²) < 4.78 is 6.64. The molecule has 0 bridgehead atoms. The Morgan fingerprint density at radius 2 is 2.62 bits per heavy atom. The van der Waals surface area contributed by atoms with Crippen LogP contribution in [-0.4, -0.2) is 22.6 Å². The molecule has 1 atom stereocenters. The van der Waals surface area contributed by atoms with Crippen LogP contribution >= 0.6 is 0 Å². The number of aromatic nitrogens is 2. The molecule has 2 rings (SSSR count). The molecule has 1 aliphatic rings. The fourth-order valence-electron chi connectivity index (χ4n) is 1.78. The van der Waals surface area contributed by atoms with Gasteiger partial charge in [0.15, 0.2) is 0 Å². The standard InChI is InChI=1S/C9H12N2O2/c1-13-9(12)7-3-2-4-8-10-5-6-11(7)8/h5-7H,2-4H2,1H3. The van der Waals surface area contributed by atoms with Crippen LogP contribution in [0.5, 0.6) is 0 Å². The SMILES string of the molecule is COC(=O)C1CCCc2nccn21. The zero-order valence-electron chi connectivity index (χ0n) is 7.56. The molecule has 0 aliphatic carbocycles. The summed E-state index contributed by atoms with van der Waals surface area (Å²) in [6.45, 7) is 0. The Balaban J connectivity index is 2.30. The van der Waals surface area contributed by atoms with E-state index in [0.717, 1.165) is 25.1 Å². The van der Waals surface area contributed by atoms with E-state index in [0.29, 0.717) is 0 Å². The quantitative estimate of drug-likeness (QED) is 0.604. The van der Waals surface area contributed by atoms with E-state index >= 15 is 0 Å². The van der Waals surface area contributed by atoms with Crippen molar-refractivity contribution in [2.24, 2.45) is 0 Å². The molecule has 0 radical (unpaired) electrons. The van der Waals surface area contributed by atoms with Crippen LogP contribution in [0.2, 0.25) is 0 Å². The summed E-state index contributed by atoms with van der Waals surface area (Å²) in [5.74, 6) is 0.820. The van der Waals surface area contributed by atoms with Crippen LogP contribution < -0.4 is 0 Å². The van der Waals surface area contributed by atoms with E-state index in [1.165, 1.54) is 7.11 Å². The topological polar surface area (TPSA) is 44.1 Å². The Kier molecular flexibility index (Phi) is 2.04. The third kappa shape index (κ3) is 1.32. The van der Waals surface area contributed by atoms with Gasteiger partial charge in [-0.2, -0.15) is 0 Å². The van der Waals surface area contributed by atoms with Crippen LogP contribution in [0.25, 0.3) is 0 Å². The highest BCUT2D eigenvalue weighted by atomic mass is 16.5. The van der Waals surface area contributed by atoms with Gasteiger partial charge in [-0.15, -0.1) is 0 Å². The number of methoxy groups -OCH3 is 1. The predicted octanol–water partition coefficient (Wildman–Crippen LogP) is 0.933. The lowest BCUT2D eigenvalue weighted by Crippen LogP contribution is -2.25. The minimum atomic E-state index is -0.168. The van der Waals surface area contributed by atoms with Gasteiger partial charge in [-0.3, -0.25) is 0 Å². The molecule has 0 saturated carbocycles. The van der Waals surface area contributed by atoms with Crippen LogP contribution in [-0.2, 0) is 16.0 Å². The van der Waals surface area contributed by atoms with Crippen molar-refractivity contribution in [2.45, 2.75) is 25.3 Å². The normalized spacial score (nSPS) is 20.8. The molecule has 13 heavy (non-hydrogen) atoms. The number of rotatable bonds is 1. The van der Waals surface area contributed by atoms with Crippen LogP contribution in [0.15, 0.2) is 12.4 Å². The zero-order valence-corrected chi connectivity index (χ0v) is 7.56. The zero-order chi connectivity index (χ0) is 9.26. The van der Waals surface area contributed by atoms with Gasteiger partial charge in [-0.1, -0.05) is 0 Å². The first-order chi connectivity index (χ1) is 6.33. The number of nitrogens with zero attached hydrogens (tertiary/aromatic N) is 2. The van der Waals surface area contributed by atoms with Gasteiger partial charge < -0.3 is 9.30 Å². The molecule has 2 heterocycles. The molecular weight excluding hydrogens is 168 g/mol. The maximum absolute atomic E-state index is 11.4. The fourth-order valence-corrected chi connectivity index (χ4v) is 1.78. The largest absolute Gasteiger partial charge is 0.467 e. The summed E-state index contributed by atoms with van der Waals surface area (Å²) in [4.78, 5) is 15.5. The molecule has 0 saturated heterocycles. The molecule has 0 spiro atoms. The third-order valence-electron chi connectivity index (χ3n) is 2.44. The highest BCUT2D eigenvalue weighted by molar-refractivity contribution is 5.74. The lowest BCUT2D eigenvalue weighted by atomic mass is 10.1. The van der Waals surface area contributed by atoms with Gasteiger partial charge >= 0.3 is 5.97 Å². The van der Waals surface area contributed by atoms with Crippen molar-refractivity contribution < 1.29 is 9.53 Å². The molecule has 1 aromatic rings. The predicted molar refractivity (Wildman–Crippen MR) is 46.2 cm³/mol. The summed E-state index contributed by atoms with van der Waals surface area (Å²) in [5.41, 5.74) is 0. The molecule has 0 N–H and O–H groups in total. The van der Waals surface area contributed by atoms with Crippen LogP contribution in [0, 0.1) is 0 Å². The summed E-state index contributed by atoms with van der Waals surface area (Å²) in [6.07, 6.45) is 6.40. The van der Waals surface area contributed by atoms with Crippen molar-refractivity contribution in [1.29, 1.82) is 0 Å². The molecule has 70 valence electrons. The second-order valence-electron chi connectivity index (χ2n) is 3.18. The van der Waals surface area contributed by atoms with Crippen molar-refractivity contribution >= 4 is 5.97 Å². The van der Waals surface area contributed by atoms with Gasteiger partial charge in [-0.05, 0) is 12.8 Å². The number of imidazole rings is 1. The van der Waals surface area contributed by atoms with Crippen molar-refractivity contribution in [3.63, 3.8) is 0 Å².